The number of H-pyrrole nitrogens is 2. The van der Waals surface area contributed by atoms with Gasteiger partial charge < -0.3 is 47.0 Å². The molecule has 5 atom stereocenters. The van der Waals surface area contributed by atoms with Crippen molar-refractivity contribution in [2.24, 2.45) is 5.73 Å². The lowest BCUT2D eigenvalue weighted by atomic mass is 10.0. The third-order valence-corrected chi connectivity index (χ3v) is 8.24. The number of aliphatic carboxylic acids is 1. The Bertz CT molecular complexity index is 1920. The van der Waals surface area contributed by atoms with Crippen LogP contribution in [0.2, 0.25) is 0 Å². The summed E-state index contributed by atoms with van der Waals surface area (Å²) in [7, 11) is 0. The molecule has 2 heterocycles. The quantitative estimate of drug-likeness (QED) is 0.0854. The normalized spacial score (nSPS) is 14.5. The summed E-state index contributed by atoms with van der Waals surface area (Å²) in [5.74, 6) is -3.56. The fourth-order valence-electron chi connectivity index (χ4n) is 5.63. The van der Waals surface area contributed by atoms with Crippen LogP contribution in [0.5, 0.6) is 5.75 Å². The molecule has 10 N–H and O–H groups in total. The van der Waals surface area contributed by atoms with E-state index in [0.717, 1.165) is 21.8 Å². The minimum atomic E-state index is -1.55. The van der Waals surface area contributed by atoms with Gasteiger partial charge in [0.1, 0.15) is 23.9 Å². The van der Waals surface area contributed by atoms with Crippen molar-refractivity contribution in [1.82, 2.24) is 25.9 Å². The Kier molecular flexibility index (Phi) is 10.4. The first-order chi connectivity index (χ1) is 23.0. The smallest absolute Gasteiger partial charge is 0.326 e. The number of amides is 3. The topological polar surface area (TPSA) is 223 Å². The highest BCUT2D eigenvalue weighted by molar-refractivity contribution is 5.95. The van der Waals surface area contributed by atoms with Crippen LogP contribution >= 0.6 is 0 Å². The number of carbonyl (C=O) groups is 4. The molecular formula is C35H38N6O7. The predicted octanol–water partition coefficient (Wildman–Crippen LogP) is 1.63. The van der Waals surface area contributed by atoms with E-state index in [0.29, 0.717) is 16.7 Å². The van der Waals surface area contributed by atoms with Crippen molar-refractivity contribution in [3.8, 4) is 5.75 Å². The first-order valence-corrected chi connectivity index (χ1v) is 15.5. The molecular weight excluding hydrogens is 616 g/mol. The van der Waals surface area contributed by atoms with E-state index in [9.17, 15) is 34.5 Å². The predicted molar refractivity (Wildman–Crippen MR) is 179 cm³/mol. The van der Waals surface area contributed by atoms with Crippen LogP contribution in [0.3, 0.4) is 0 Å². The van der Waals surface area contributed by atoms with Gasteiger partial charge in [0.15, 0.2) is 0 Å². The number of aromatic amines is 2. The van der Waals surface area contributed by atoms with Crippen molar-refractivity contribution >= 4 is 45.5 Å². The molecule has 13 nitrogen and oxygen atoms in total. The van der Waals surface area contributed by atoms with E-state index in [-0.39, 0.29) is 25.0 Å². The molecule has 0 aliphatic rings. The molecule has 13 heteroatoms. The minimum absolute atomic E-state index is 0.0139. The highest BCUT2D eigenvalue weighted by Gasteiger charge is 2.33. The molecule has 3 aromatic carbocycles. The lowest BCUT2D eigenvalue weighted by Gasteiger charge is -2.26. The Balaban J connectivity index is 1.33. The molecule has 0 saturated heterocycles. The van der Waals surface area contributed by atoms with Gasteiger partial charge in [0.05, 0.1) is 12.1 Å². The van der Waals surface area contributed by atoms with Gasteiger partial charge in [-0.1, -0.05) is 48.5 Å². The molecule has 0 bridgehead atoms. The molecule has 250 valence electrons. The average Bonchev–Trinajstić information content (AvgIpc) is 3.67. The summed E-state index contributed by atoms with van der Waals surface area (Å²) in [5, 5.41) is 39.3. The summed E-state index contributed by atoms with van der Waals surface area (Å²) in [6.07, 6.45) is 2.06. The van der Waals surface area contributed by atoms with Crippen molar-refractivity contribution in [3.05, 3.63) is 102 Å². The van der Waals surface area contributed by atoms with Gasteiger partial charge >= 0.3 is 5.97 Å². The number of rotatable bonds is 14. The zero-order valence-electron chi connectivity index (χ0n) is 26.1. The van der Waals surface area contributed by atoms with Crippen molar-refractivity contribution < 1.29 is 34.5 Å². The molecule has 0 aliphatic heterocycles. The second kappa shape index (κ2) is 14.8. The first kappa shape index (κ1) is 33.7. The van der Waals surface area contributed by atoms with E-state index in [4.69, 9.17) is 5.73 Å². The molecule has 0 aliphatic carbocycles. The summed E-state index contributed by atoms with van der Waals surface area (Å²) >= 11 is 0. The number of aromatic hydroxyl groups is 1. The molecule has 0 saturated carbocycles. The van der Waals surface area contributed by atoms with Gasteiger partial charge in [-0.3, -0.25) is 14.4 Å². The summed E-state index contributed by atoms with van der Waals surface area (Å²) in [5.41, 5.74) is 9.89. The Labute approximate surface area is 275 Å². The summed E-state index contributed by atoms with van der Waals surface area (Å²) < 4.78 is 0. The van der Waals surface area contributed by atoms with E-state index in [1.807, 2.05) is 48.5 Å². The van der Waals surface area contributed by atoms with Crippen LogP contribution in [-0.2, 0) is 38.4 Å². The molecule has 0 radical (unpaired) electrons. The minimum Gasteiger partial charge on any atom is -0.508 e. The third kappa shape index (κ3) is 8.00. The number of aliphatic hydroxyl groups excluding tert-OH is 1. The zero-order valence-corrected chi connectivity index (χ0v) is 26.1. The number of hydrogen-bond donors (Lipinski definition) is 9. The van der Waals surface area contributed by atoms with Gasteiger partial charge in [0.25, 0.3) is 0 Å². The molecule has 5 rings (SSSR count). The highest BCUT2D eigenvalue weighted by Crippen LogP contribution is 2.21. The zero-order chi connectivity index (χ0) is 34.4. The summed E-state index contributed by atoms with van der Waals surface area (Å²) in [4.78, 5) is 58.9. The molecule has 0 fully saturated rings. The number of carboxylic acids is 1. The number of benzene rings is 3. The number of para-hydroxylation sites is 2. The van der Waals surface area contributed by atoms with Crippen LogP contribution in [0.1, 0.15) is 23.6 Å². The van der Waals surface area contributed by atoms with E-state index >= 15 is 0 Å². The standard InChI is InChI=1S/C35H38N6O7/c1-19(42)31(34(46)40-30(35(47)48)16-22-18-38-28-9-5-3-7-25(22)28)41-33(45)29(15-21-17-37-27-8-4-2-6-24(21)27)39-32(44)26(36)14-20-10-12-23(43)13-11-20/h2-13,17-19,26,29-31,37-38,42-43H,14-16,36H2,1H3,(H,39,44)(H,40,46)(H,41,45)(H,47,48). The van der Waals surface area contributed by atoms with Crippen LogP contribution in [0.15, 0.2) is 85.2 Å². The van der Waals surface area contributed by atoms with Gasteiger partial charge in [-0.2, -0.15) is 0 Å². The monoisotopic (exact) mass is 654 g/mol. The van der Waals surface area contributed by atoms with Crippen LogP contribution < -0.4 is 21.7 Å². The van der Waals surface area contributed by atoms with Crippen LogP contribution in [0, 0.1) is 0 Å². The van der Waals surface area contributed by atoms with Crippen LogP contribution in [-0.4, -0.2) is 79.2 Å². The number of nitrogens with one attached hydrogen (secondary N) is 5. The SMILES string of the molecule is CC(O)C(NC(=O)C(Cc1c[nH]c2ccccc12)NC(=O)C(N)Cc1ccc(O)cc1)C(=O)NC(Cc1c[nH]c2ccccc12)C(=O)O. The third-order valence-electron chi connectivity index (χ3n) is 8.24. The van der Waals surface area contributed by atoms with Crippen molar-refractivity contribution in [3.63, 3.8) is 0 Å². The molecule has 48 heavy (non-hydrogen) atoms. The van der Waals surface area contributed by atoms with Crippen LogP contribution in [0.4, 0.5) is 0 Å². The number of carbonyl (C=O) groups excluding carboxylic acids is 3. The number of fused-ring (bicyclic) bond motifs is 2. The molecule has 5 unspecified atom stereocenters. The highest BCUT2D eigenvalue weighted by atomic mass is 16.4. The molecule has 5 aromatic rings. The second-order valence-electron chi connectivity index (χ2n) is 11.8. The number of aromatic nitrogens is 2. The average molecular weight is 655 g/mol. The number of carboxylic acid groups (broad SMARTS) is 1. The number of phenolic OH excluding ortho intramolecular Hbond substituents is 1. The fourth-order valence-corrected chi connectivity index (χ4v) is 5.63. The van der Waals surface area contributed by atoms with E-state index in [2.05, 4.69) is 25.9 Å². The molecule has 0 spiro atoms. The fraction of sp³-hybridized carbons (Fsp3) is 0.257. The number of phenols is 1. The maximum absolute atomic E-state index is 13.8. The van der Waals surface area contributed by atoms with E-state index in [1.165, 1.54) is 19.1 Å². The van der Waals surface area contributed by atoms with Gasteiger partial charge in [-0.15, -0.1) is 0 Å². The van der Waals surface area contributed by atoms with E-state index < -0.39 is 54.0 Å². The Morgan fingerprint density at radius 1 is 0.708 bits per heavy atom. The number of aliphatic hydroxyl groups is 1. The van der Waals surface area contributed by atoms with Crippen molar-refractivity contribution in [1.29, 1.82) is 0 Å². The van der Waals surface area contributed by atoms with Crippen LogP contribution in [0.25, 0.3) is 21.8 Å². The van der Waals surface area contributed by atoms with Gasteiger partial charge in [-0.25, -0.2) is 4.79 Å². The first-order valence-electron chi connectivity index (χ1n) is 15.5. The Hall–Kier alpha value is -5.66. The Morgan fingerprint density at radius 3 is 1.77 bits per heavy atom. The van der Waals surface area contributed by atoms with E-state index in [1.54, 1.807) is 24.5 Å². The Morgan fingerprint density at radius 2 is 1.23 bits per heavy atom. The van der Waals surface area contributed by atoms with Gasteiger partial charge in [0.2, 0.25) is 17.7 Å². The number of nitrogens with two attached hydrogens (primary N) is 1. The molecule has 2 aromatic heterocycles. The summed E-state index contributed by atoms with van der Waals surface area (Å²) in [6, 6.07) is 15.8. The van der Waals surface area contributed by atoms with Gasteiger partial charge in [-0.05, 0) is 54.3 Å². The number of hydrogen-bond acceptors (Lipinski definition) is 7. The lowest BCUT2D eigenvalue weighted by molar-refractivity contribution is -0.143. The maximum atomic E-state index is 13.8. The van der Waals surface area contributed by atoms with Crippen molar-refractivity contribution in [2.75, 3.05) is 0 Å². The van der Waals surface area contributed by atoms with Crippen molar-refractivity contribution in [2.45, 2.75) is 56.5 Å². The van der Waals surface area contributed by atoms with Gasteiger partial charge in [0, 0.05) is 47.0 Å². The summed E-state index contributed by atoms with van der Waals surface area (Å²) in [6.45, 7) is 1.29. The second-order valence-corrected chi connectivity index (χ2v) is 11.8. The lowest BCUT2D eigenvalue weighted by Crippen LogP contribution is -2.60. The maximum Gasteiger partial charge on any atom is 0.326 e. The molecule has 3 amide bonds. The largest absolute Gasteiger partial charge is 0.508 e.